The first-order valence-electron chi connectivity index (χ1n) is 7.75. The summed E-state index contributed by atoms with van der Waals surface area (Å²) >= 11 is 9.66. The van der Waals surface area contributed by atoms with E-state index in [0.717, 1.165) is 15.6 Å². The topological polar surface area (TPSA) is 67.8 Å². The van der Waals surface area contributed by atoms with Crippen molar-refractivity contribution in [2.24, 2.45) is 0 Å². The summed E-state index contributed by atoms with van der Waals surface area (Å²) < 4.78 is 12.3. The minimum Gasteiger partial charge on any atom is -0.490 e. The van der Waals surface area contributed by atoms with Gasteiger partial charge in [-0.05, 0) is 46.6 Å². The van der Waals surface area contributed by atoms with Gasteiger partial charge in [0, 0.05) is 17.1 Å². The van der Waals surface area contributed by atoms with E-state index in [0.29, 0.717) is 36.3 Å². The van der Waals surface area contributed by atoms with Crippen LogP contribution < -0.4 is 14.8 Å². The summed E-state index contributed by atoms with van der Waals surface area (Å²) in [6.07, 6.45) is 0. The largest absolute Gasteiger partial charge is 0.490 e. The van der Waals surface area contributed by atoms with Crippen LogP contribution in [0.2, 0.25) is 5.02 Å². The van der Waals surface area contributed by atoms with Crippen molar-refractivity contribution in [2.45, 2.75) is 20.1 Å². The molecule has 2 aromatic rings. The van der Waals surface area contributed by atoms with Crippen LogP contribution in [-0.4, -0.2) is 24.2 Å². The van der Waals surface area contributed by atoms with Gasteiger partial charge in [-0.1, -0.05) is 29.8 Å². The Morgan fingerprint density at radius 1 is 1.28 bits per heavy atom. The molecule has 0 atom stereocenters. The Morgan fingerprint density at radius 2 is 2.04 bits per heavy atom. The minimum absolute atomic E-state index is 0.105. The Labute approximate surface area is 160 Å². The predicted octanol–water partition coefficient (Wildman–Crippen LogP) is 4.25. The first-order valence-corrected chi connectivity index (χ1v) is 8.92. The number of ether oxygens (including phenoxy) is 2. The van der Waals surface area contributed by atoms with E-state index in [4.69, 9.17) is 26.2 Å². The molecule has 2 aromatic carbocycles. The molecule has 0 radical (unpaired) electrons. The minimum atomic E-state index is -0.899. The van der Waals surface area contributed by atoms with Crippen LogP contribution >= 0.6 is 27.5 Å². The molecule has 2 rings (SSSR count). The highest BCUT2D eigenvalue weighted by Crippen LogP contribution is 2.37. The number of nitrogens with one attached hydrogen (secondary N) is 1. The van der Waals surface area contributed by atoms with E-state index in [9.17, 15) is 4.79 Å². The van der Waals surface area contributed by atoms with Crippen molar-refractivity contribution in [2.75, 3.05) is 13.2 Å². The Kier molecular flexibility index (Phi) is 7.55. The third-order valence-electron chi connectivity index (χ3n) is 3.30. The van der Waals surface area contributed by atoms with Gasteiger partial charge in [0.1, 0.15) is 6.61 Å². The van der Waals surface area contributed by atoms with E-state index in [1.54, 1.807) is 0 Å². The fraction of sp³-hybridized carbons (Fsp3) is 0.278. The highest BCUT2D eigenvalue weighted by molar-refractivity contribution is 9.10. The molecule has 0 amide bonds. The molecule has 0 spiro atoms. The van der Waals surface area contributed by atoms with Gasteiger partial charge >= 0.3 is 5.97 Å². The van der Waals surface area contributed by atoms with Gasteiger partial charge in [-0.2, -0.15) is 0 Å². The molecule has 0 aromatic heterocycles. The average molecular weight is 429 g/mol. The first kappa shape index (κ1) is 19.6. The molecular formula is C18H19BrClNO4. The number of carboxylic acids is 1. The van der Waals surface area contributed by atoms with Crippen LogP contribution in [0, 0.1) is 0 Å². The molecule has 134 valence electrons. The third-order valence-corrected chi connectivity index (χ3v) is 4.26. The molecule has 0 saturated carbocycles. The van der Waals surface area contributed by atoms with Crippen LogP contribution in [0.15, 0.2) is 40.9 Å². The summed E-state index contributed by atoms with van der Waals surface area (Å²) in [5, 5.41) is 12.2. The second-order valence-corrected chi connectivity index (χ2v) is 6.48. The zero-order valence-electron chi connectivity index (χ0n) is 13.7. The third kappa shape index (κ3) is 5.92. The summed E-state index contributed by atoms with van der Waals surface area (Å²) in [7, 11) is 0. The lowest BCUT2D eigenvalue weighted by Gasteiger charge is -2.16. The van der Waals surface area contributed by atoms with Crippen LogP contribution in [0.3, 0.4) is 0 Å². The number of hydrogen-bond acceptors (Lipinski definition) is 4. The number of rotatable bonds is 9. The van der Waals surface area contributed by atoms with E-state index < -0.39 is 5.97 Å². The maximum atomic E-state index is 10.6. The van der Waals surface area contributed by atoms with E-state index in [2.05, 4.69) is 21.2 Å². The zero-order valence-corrected chi connectivity index (χ0v) is 16.1. The SMILES string of the molecule is CCOc1cc(CNCC(=O)O)cc(Br)c1OCc1ccccc1Cl. The number of aliphatic carboxylic acids is 1. The molecule has 0 fully saturated rings. The number of carboxylic acid groups (broad SMARTS) is 1. The van der Waals surface area contributed by atoms with E-state index in [1.165, 1.54) is 0 Å². The van der Waals surface area contributed by atoms with Crippen LogP contribution in [-0.2, 0) is 17.9 Å². The Bertz CT molecular complexity index is 739. The van der Waals surface area contributed by atoms with Crippen LogP contribution in [0.5, 0.6) is 11.5 Å². The number of carbonyl (C=O) groups is 1. The van der Waals surface area contributed by atoms with E-state index >= 15 is 0 Å². The van der Waals surface area contributed by atoms with Crippen LogP contribution in [0.4, 0.5) is 0 Å². The van der Waals surface area contributed by atoms with Crippen molar-refractivity contribution in [3.8, 4) is 11.5 Å². The standard InChI is InChI=1S/C18H19BrClNO4/c1-2-24-16-8-12(9-21-10-17(22)23)7-14(19)18(16)25-11-13-5-3-4-6-15(13)20/h3-8,21H,2,9-11H2,1H3,(H,22,23). The van der Waals surface area contributed by atoms with Crippen molar-refractivity contribution in [3.05, 3.63) is 57.0 Å². The van der Waals surface area contributed by atoms with Crippen molar-refractivity contribution < 1.29 is 19.4 Å². The Morgan fingerprint density at radius 3 is 2.72 bits per heavy atom. The lowest BCUT2D eigenvalue weighted by atomic mass is 10.2. The highest BCUT2D eigenvalue weighted by Gasteiger charge is 2.13. The summed E-state index contributed by atoms with van der Waals surface area (Å²) in [5.41, 5.74) is 1.77. The van der Waals surface area contributed by atoms with Gasteiger partial charge in [0.15, 0.2) is 11.5 Å². The van der Waals surface area contributed by atoms with Gasteiger partial charge in [-0.15, -0.1) is 0 Å². The lowest BCUT2D eigenvalue weighted by molar-refractivity contribution is -0.135. The van der Waals surface area contributed by atoms with Gasteiger partial charge in [0.2, 0.25) is 0 Å². The molecule has 0 unspecified atom stereocenters. The van der Waals surface area contributed by atoms with Gasteiger partial charge < -0.3 is 19.9 Å². The van der Waals surface area contributed by atoms with Crippen molar-refractivity contribution in [3.63, 3.8) is 0 Å². The lowest BCUT2D eigenvalue weighted by Crippen LogP contribution is -2.21. The van der Waals surface area contributed by atoms with Crippen molar-refractivity contribution >= 4 is 33.5 Å². The normalized spacial score (nSPS) is 10.5. The van der Waals surface area contributed by atoms with E-state index in [1.807, 2.05) is 43.3 Å². The fourth-order valence-electron chi connectivity index (χ4n) is 2.21. The van der Waals surface area contributed by atoms with Gasteiger partial charge in [0.25, 0.3) is 0 Å². The van der Waals surface area contributed by atoms with Gasteiger partial charge in [-0.25, -0.2) is 0 Å². The van der Waals surface area contributed by atoms with E-state index in [-0.39, 0.29) is 6.54 Å². The second kappa shape index (κ2) is 9.65. The predicted molar refractivity (Wildman–Crippen MR) is 100 cm³/mol. The average Bonchev–Trinajstić information content (AvgIpc) is 2.55. The maximum absolute atomic E-state index is 10.6. The molecule has 0 aliphatic carbocycles. The summed E-state index contributed by atoms with van der Waals surface area (Å²) in [6.45, 7) is 3.00. The van der Waals surface area contributed by atoms with Crippen molar-refractivity contribution in [1.82, 2.24) is 5.32 Å². The zero-order chi connectivity index (χ0) is 18.2. The molecule has 0 aliphatic heterocycles. The monoisotopic (exact) mass is 427 g/mol. The molecule has 2 N–H and O–H groups in total. The molecule has 0 aliphatic rings. The summed E-state index contributed by atoms with van der Waals surface area (Å²) in [5.74, 6) is 0.281. The van der Waals surface area contributed by atoms with Gasteiger partial charge in [-0.3, -0.25) is 4.79 Å². The molecule has 7 heteroatoms. The smallest absolute Gasteiger partial charge is 0.317 e. The Balaban J connectivity index is 2.15. The first-order chi connectivity index (χ1) is 12.0. The summed E-state index contributed by atoms with van der Waals surface area (Å²) in [4.78, 5) is 10.6. The molecule has 0 heterocycles. The number of hydrogen-bond donors (Lipinski definition) is 2. The maximum Gasteiger partial charge on any atom is 0.317 e. The molecule has 25 heavy (non-hydrogen) atoms. The quantitative estimate of drug-likeness (QED) is 0.625. The molecular weight excluding hydrogens is 410 g/mol. The van der Waals surface area contributed by atoms with Crippen LogP contribution in [0.1, 0.15) is 18.1 Å². The molecule has 0 bridgehead atoms. The molecule has 5 nitrogen and oxygen atoms in total. The molecule has 0 saturated heterocycles. The number of benzene rings is 2. The highest BCUT2D eigenvalue weighted by atomic mass is 79.9. The Hall–Kier alpha value is -1.76. The number of halogens is 2. The van der Waals surface area contributed by atoms with Crippen molar-refractivity contribution in [1.29, 1.82) is 0 Å². The summed E-state index contributed by atoms with van der Waals surface area (Å²) in [6, 6.07) is 11.2. The van der Waals surface area contributed by atoms with Crippen LogP contribution in [0.25, 0.3) is 0 Å². The second-order valence-electron chi connectivity index (χ2n) is 5.22. The van der Waals surface area contributed by atoms with Gasteiger partial charge in [0.05, 0.1) is 17.6 Å². The fourth-order valence-corrected chi connectivity index (χ4v) is 3.00.